The Hall–Kier alpha value is -2.76. The molecule has 6 heteroatoms. The highest BCUT2D eigenvalue weighted by Gasteiger charge is 2.47. The molecule has 0 aliphatic heterocycles. The second kappa shape index (κ2) is 7.88. The van der Waals surface area contributed by atoms with Gasteiger partial charge in [0.25, 0.3) is 0 Å². The van der Waals surface area contributed by atoms with Crippen LogP contribution < -0.4 is 10.6 Å². The van der Waals surface area contributed by atoms with Gasteiger partial charge in [-0.15, -0.1) is 0 Å². The Kier molecular flexibility index (Phi) is 5.38. The third kappa shape index (κ3) is 4.86. The SMILES string of the molecule is O=C(NCCc1ccc(F)cc1)C1CC1C(=O)NCc1cccnc1. The first-order valence-corrected chi connectivity index (χ1v) is 8.32. The lowest BCUT2D eigenvalue weighted by Gasteiger charge is -2.06. The average molecular weight is 341 g/mol. The Balaban J connectivity index is 1.36. The molecule has 2 amide bonds. The van der Waals surface area contributed by atoms with Gasteiger partial charge in [0.15, 0.2) is 0 Å². The third-order valence-corrected chi connectivity index (χ3v) is 4.28. The van der Waals surface area contributed by atoms with Gasteiger partial charge in [0, 0.05) is 25.5 Å². The van der Waals surface area contributed by atoms with E-state index in [0.29, 0.717) is 25.9 Å². The molecule has 1 aliphatic rings. The monoisotopic (exact) mass is 341 g/mol. The van der Waals surface area contributed by atoms with Crippen molar-refractivity contribution in [2.24, 2.45) is 11.8 Å². The number of nitrogens with one attached hydrogen (secondary N) is 2. The second-order valence-electron chi connectivity index (χ2n) is 6.20. The van der Waals surface area contributed by atoms with E-state index in [1.807, 2.05) is 12.1 Å². The number of benzene rings is 1. The minimum atomic E-state index is -0.272. The normalized spacial score (nSPS) is 18.4. The van der Waals surface area contributed by atoms with E-state index in [4.69, 9.17) is 0 Å². The number of pyridine rings is 1. The topological polar surface area (TPSA) is 71.1 Å². The lowest BCUT2D eigenvalue weighted by Crippen LogP contribution is -2.31. The Morgan fingerprint density at radius 2 is 1.76 bits per heavy atom. The lowest BCUT2D eigenvalue weighted by atomic mass is 10.1. The molecular formula is C19H20FN3O2. The highest BCUT2D eigenvalue weighted by atomic mass is 19.1. The van der Waals surface area contributed by atoms with Gasteiger partial charge >= 0.3 is 0 Å². The molecule has 0 radical (unpaired) electrons. The predicted molar refractivity (Wildman–Crippen MR) is 90.8 cm³/mol. The van der Waals surface area contributed by atoms with Crippen molar-refractivity contribution in [1.29, 1.82) is 0 Å². The first-order chi connectivity index (χ1) is 12.1. The number of hydrogen-bond donors (Lipinski definition) is 2. The van der Waals surface area contributed by atoms with Gasteiger partial charge in [-0.05, 0) is 42.2 Å². The van der Waals surface area contributed by atoms with E-state index < -0.39 is 0 Å². The average Bonchev–Trinajstić information content (AvgIpc) is 3.43. The van der Waals surface area contributed by atoms with Gasteiger partial charge in [-0.1, -0.05) is 18.2 Å². The van der Waals surface area contributed by atoms with Gasteiger partial charge < -0.3 is 10.6 Å². The van der Waals surface area contributed by atoms with E-state index in [1.54, 1.807) is 24.5 Å². The minimum absolute atomic E-state index is 0.0939. The summed E-state index contributed by atoms with van der Waals surface area (Å²) in [6, 6.07) is 9.91. The molecule has 0 bridgehead atoms. The highest BCUT2D eigenvalue weighted by molar-refractivity contribution is 5.92. The summed E-state index contributed by atoms with van der Waals surface area (Å²) < 4.78 is 12.8. The molecule has 2 unspecified atom stereocenters. The number of carbonyl (C=O) groups is 2. The summed E-state index contributed by atoms with van der Waals surface area (Å²) >= 11 is 0. The standard InChI is InChI=1S/C19H20FN3O2/c20-15-5-3-13(4-6-15)7-9-22-18(24)16-10-17(16)19(25)23-12-14-2-1-8-21-11-14/h1-6,8,11,16-17H,7,9-10,12H2,(H,22,24)(H,23,25). The van der Waals surface area contributed by atoms with E-state index in [1.165, 1.54) is 12.1 Å². The van der Waals surface area contributed by atoms with E-state index in [2.05, 4.69) is 15.6 Å². The summed E-state index contributed by atoms with van der Waals surface area (Å²) in [5, 5.41) is 5.68. The molecule has 1 saturated carbocycles. The van der Waals surface area contributed by atoms with Crippen molar-refractivity contribution >= 4 is 11.8 Å². The van der Waals surface area contributed by atoms with Crippen LogP contribution in [0, 0.1) is 17.7 Å². The van der Waals surface area contributed by atoms with E-state index in [9.17, 15) is 14.0 Å². The van der Waals surface area contributed by atoms with Crippen LogP contribution in [0.15, 0.2) is 48.8 Å². The smallest absolute Gasteiger partial charge is 0.224 e. The number of rotatable bonds is 7. The van der Waals surface area contributed by atoms with E-state index in [0.717, 1.165) is 11.1 Å². The number of hydrogen-bond acceptors (Lipinski definition) is 3. The second-order valence-corrected chi connectivity index (χ2v) is 6.20. The Morgan fingerprint density at radius 3 is 2.44 bits per heavy atom. The summed E-state index contributed by atoms with van der Waals surface area (Å²) in [6.07, 6.45) is 4.60. The van der Waals surface area contributed by atoms with Crippen LogP contribution in [-0.4, -0.2) is 23.3 Å². The van der Waals surface area contributed by atoms with Crippen LogP contribution in [-0.2, 0) is 22.6 Å². The zero-order chi connectivity index (χ0) is 17.6. The van der Waals surface area contributed by atoms with Crippen molar-refractivity contribution in [2.75, 3.05) is 6.54 Å². The number of amides is 2. The molecular weight excluding hydrogens is 321 g/mol. The van der Waals surface area contributed by atoms with Crippen molar-refractivity contribution in [3.05, 3.63) is 65.7 Å². The number of carbonyl (C=O) groups excluding carboxylic acids is 2. The van der Waals surface area contributed by atoms with Gasteiger partial charge in [-0.3, -0.25) is 14.6 Å². The van der Waals surface area contributed by atoms with Crippen LogP contribution in [0.2, 0.25) is 0 Å². The van der Waals surface area contributed by atoms with Crippen LogP contribution in [0.4, 0.5) is 4.39 Å². The van der Waals surface area contributed by atoms with E-state index in [-0.39, 0.29) is 29.5 Å². The van der Waals surface area contributed by atoms with Crippen LogP contribution in [0.5, 0.6) is 0 Å². The first kappa shape index (κ1) is 17.1. The summed E-state index contributed by atoms with van der Waals surface area (Å²) in [5.41, 5.74) is 1.89. The maximum absolute atomic E-state index is 12.8. The first-order valence-electron chi connectivity index (χ1n) is 8.32. The highest BCUT2D eigenvalue weighted by Crippen LogP contribution is 2.38. The molecule has 1 aromatic carbocycles. The summed E-state index contributed by atoms with van der Waals surface area (Å²) in [6.45, 7) is 0.896. The molecule has 2 atom stereocenters. The Morgan fingerprint density at radius 1 is 1.04 bits per heavy atom. The molecule has 3 rings (SSSR count). The van der Waals surface area contributed by atoms with Gasteiger partial charge in [0.1, 0.15) is 5.82 Å². The molecule has 2 aromatic rings. The van der Waals surface area contributed by atoms with Gasteiger partial charge in [-0.25, -0.2) is 4.39 Å². The van der Waals surface area contributed by atoms with Crippen LogP contribution >= 0.6 is 0 Å². The third-order valence-electron chi connectivity index (χ3n) is 4.28. The maximum Gasteiger partial charge on any atom is 0.224 e. The molecule has 1 heterocycles. The fraction of sp³-hybridized carbons (Fsp3) is 0.316. The van der Waals surface area contributed by atoms with Gasteiger partial charge in [-0.2, -0.15) is 0 Å². The molecule has 1 fully saturated rings. The number of halogens is 1. The molecule has 1 aliphatic carbocycles. The van der Waals surface area contributed by atoms with Crippen molar-refractivity contribution in [3.63, 3.8) is 0 Å². The zero-order valence-electron chi connectivity index (χ0n) is 13.7. The van der Waals surface area contributed by atoms with Crippen molar-refractivity contribution in [3.8, 4) is 0 Å². The fourth-order valence-electron chi connectivity index (χ4n) is 2.71. The molecule has 2 N–H and O–H groups in total. The van der Waals surface area contributed by atoms with Crippen molar-refractivity contribution in [2.45, 2.75) is 19.4 Å². The summed E-state index contributed by atoms with van der Waals surface area (Å²) in [4.78, 5) is 28.1. The zero-order valence-corrected chi connectivity index (χ0v) is 13.7. The quantitative estimate of drug-likeness (QED) is 0.807. The molecule has 130 valence electrons. The lowest BCUT2D eigenvalue weighted by molar-refractivity contribution is -0.127. The minimum Gasteiger partial charge on any atom is -0.356 e. The molecule has 5 nitrogen and oxygen atoms in total. The van der Waals surface area contributed by atoms with Crippen molar-refractivity contribution in [1.82, 2.24) is 15.6 Å². The molecule has 0 spiro atoms. The number of aromatic nitrogens is 1. The Labute approximate surface area is 145 Å². The molecule has 0 saturated heterocycles. The summed E-state index contributed by atoms with van der Waals surface area (Å²) in [7, 11) is 0. The van der Waals surface area contributed by atoms with Crippen LogP contribution in [0.3, 0.4) is 0 Å². The van der Waals surface area contributed by atoms with Crippen molar-refractivity contribution < 1.29 is 14.0 Å². The number of nitrogens with zero attached hydrogens (tertiary/aromatic N) is 1. The largest absolute Gasteiger partial charge is 0.356 e. The molecule has 25 heavy (non-hydrogen) atoms. The molecule has 1 aromatic heterocycles. The fourth-order valence-corrected chi connectivity index (χ4v) is 2.71. The maximum atomic E-state index is 12.8. The Bertz CT molecular complexity index is 734. The predicted octanol–water partition coefficient (Wildman–Crippen LogP) is 1.83. The van der Waals surface area contributed by atoms with Gasteiger partial charge in [0.2, 0.25) is 11.8 Å². The van der Waals surface area contributed by atoms with E-state index >= 15 is 0 Å². The summed E-state index contributed by atoms with van der Waals surface area (Å²) in [5.74, 6) is -0.957. The van der Waals surface area contributed by atoms with Crippen LogP contribution in [0.25, 0.3) is 0 Å². The van der Waals surface area contributed by atoms with Gasteiger partial charge in [0.05, 0.1) is 11.8 Å². The van der Waals surface area contributed by atoms with Crippen LogP contribution in [0.1, 0.15) is 17.5 Å².